The summed E-state index contributed by atoms with van der Waals surface area (Å²) in [6.45, 7) is 0. The molecule has 0 bridgehead atoms. The van der Waals surface area contributed by atoms with Crippen LogP contribution in [0.2, 0.25) is 0 Å². The smallest absolute Gasteiger partial charge is 0.322 e. The Morgan fingerprint density at radius 1 is 1.56 bits per heavy atom. The zero-order valence-corrected chi connectivity index (χ0v) is 9.33. The third kappa shape index (κ3) is 1.57. The summed E-state index contributed by atoms with van der Waals surface area (Å²) in [7, 11) is 2.00. The molecule has 0 radical (unpaired) electrons. The summed E-state index contributed by atoms with van der Waals surface area (Å²) >= 11 is 0. The monoisotopic (exact) mass is 266 g/mol. The second-order valence-electron chi connectivity index (χ2n) is 2.65. The lowest BCUT2D eigenvalue weighted by molar-refractivity contribution is 0.353. The van der Waals surface area contributed by atoms with Crippen molar-refractivity contribution < 1.29 is 17.5 Å². The molecule has 2 aromatic rings. The van der Waals surface area contributed by atoms with E-state index in [1.807, 2.05) is 0 Å². The van der Waals surface area contributed by atoms with Crippen molar-refractivity contribution >= 4 is 25.4 Å². The highest BCUT2D eigenvalue weighted by atomic mass is 35.7. The standard InChI is InChI=1S/C6H4ClFN4O3S/c1-15-6-11-4(8)3(16(7,13)14)5-9-2-10-12(5)6/h2H,1H3. The molecule has 0 saturated carbocycles. The lowest BCUT2D eigenvalue weighted by atomic mass is 10.6. The topological polar surface area (TPSA) is 86.5 Å². The third-order valence-corrected chi connectivity index (χ3v) is 3.04. The molecule has 0 spiro atoms. The first kappa shape index (κ1) is 11.0. The fourth-order valence-electron chi connectivity index (χ4n) is 1.15. The summed E-state index contributed by atoms with van der Waals surface area (Å²) in [4.78, 5) is 6.02. The molecule has 86 valence electrons. The molecule has 2 rings (SSSR count). The summed E-state index contributed by atoms with van der Waals surface area (Å²) in [5.41, 5.74) is -0.278. The Morgan fingerprint density at radius 3 is 2.81 bits per heavy atom. The summed E-state index contributed by atoms with van der Waals surface area (Å²) in [6, 6.07) is -0.228. The van der Waals surface area contributed by atoms with Gasteiger partial charge in [0, 0.05) is 10.7 Å². The highest BCUT2D eigenvalue weighted by molar-refractivity contribution is 8.13. The van der Waals surface area contributed by atoms with Crippen LogP contribution in [0.4, 0.5) is 4.39 Å². The second kappa shape index (κ2) is 3.52. The Kier molecular flexibility index (Phi) is 2.43. The predicted molar refractivity (Wildman–Crippen MR) is 50.3 cm³/mol. The van der Waals surface area contributed by atoms with Crippen molar-refractivity contribution in [3.63, 3.8) is 0 Å². The van der Waals surface area contributed by atoms with E-state index >= 15 is 0 Å². The molecular weight excluding hydrogens is 263 g/mol. The maximum absolute atomic E-state index is 13.4. The maximum Gasteiger partial charge on any atom is 0.322 e. The first-order chi connectivity index (χ1) is 7.45. The molecule has 2 heterocycles. The van der Waals surface area contributed by atoms with E-state index < -0.39 is 19.9 Å². The van der Waals surface area contributed by atoms with Crippen LogP contribution in [-0.2, 0) is 9.05 Å². The van der Waals surface area contributed by atoms with Crippen LogP contribution in [0, 0.1) is 5.95 Å². The predicted octanol–water partition coefficient (Wildman–Crippen LogP) is 0.199. The van der Waals surface area contributed by atoms with Crippen LogP contribution in [0.1, 0.15) is 0 Å². The van der Waals surface area contributed by atoms with Gasteiger partial charge in [-0.15, -0.1) is 0 Å². The van der Waals surface area contributed by atoms with Gasteiger partial charge >= 0.3 is 6.01 Å². The molecule has 0 N–H and O–H groups in total. The van der Waals surface area contributed by atoms with E-state index in [-0.39, 0.29) is 11.7 Å². The molecule has 0 unspecified atom stereocenters. The van der Waals surface area contributed by atoms with E-state index in [9.17, 15) is 12.8 Å². The van der Waals surface area contributed by atoms with Gasteiger partial charge in [0.1, 0.15) is 6.33 Å². The van der Waals surface area contributed by atoms with E-state index in [0.717, 1.165) is 10.8 Å². The van der Waals surface area contributed by atoms with Crippen molar-refractivity contribution in [2.75, 3.05) is 7.11 Å². The Balaban J connectivity index is 2.96. The summed E-state index contributed by atoms with van der Waals surface area (Å²) in [6.07, 6.45) is 1.03. The molecule has 16 heavy (non-hydrogen) atoms. The molecule has 0 saturated heterocycles. The number of aromatic nitrogens is 4. The van der Waals surface area contributed by atoms with Crippen molar-refractivity contribution in [2.24, 2.45) is 0 Å². The largest absolute Gasteiger partial charge is 0.467 e. The first-order valence-electron chi connectivity index (χ1n) is 3.83. The minimum atomic E-state index is -4.30. The minimum absolute atomic E-state index is 0.228. The van der Waals surface area contributed by atoms with Gasteiger partial charge in [0.2, 0.25) is 5.95 Å². The normalized spacial score (nSPS) is 11.9. The molecule has 0 aliphatic rings. The summed E-state index contributed by atoms with van der Waals surface area (Å²) in [5, 5.41) is 3.63. The van der Waals surface area contributed by atoms with Crippen LogP contribution >= 0.6 is 10.7 Å². The molecule has 0 aliphatic carbocycles. The number of rotatable bonds is 2. The Hall–Kier alpha value is -1.48. The van der Waals surface area contributed by atoms with Gasteiger partial charge in [-0.2, -0.15) is 19.0 Å². The van der Waals surface area contributed by atoms with E-state index in [2.05, 4.69) is 15.1 Å². The van der Waals surface area contributed by atoms with Crippen molar-refractivity contribution in [2.45, 2.75) is 4.90 Å². The molecule has 10 heteroatoms. The van der Waals surface area contributed by atoms with E-state index in [4.69, 9.17) is 15.4 Å². The van der Waals surface area contributed by atoms with E-state index in [0.29, 0.717) is 0 Å². The van der Waals surface area contributed by atoms with Gasteiger partial charge in [0.25, 0.3) is 9.05 Å². The minimum Gasteiger partial charge on any atom is -0.467 e. The van der Waals surface area contributed by atoms with Crippen molar-refractivity contribution in [1.82, 2.24) is 19.6 Å². The fraction of sp³-hybridized carbons (Fsp3) is 0.167. The maximum atomic E-state index is 13.4. The van der Waals surface area contributed by atoms with Crippen molar-refractivity contribution in [1.29, 1.82) is 0 Å². The van der Waals surface area contributed by atoms with E-state index in [1.54, 1.807) is 0 Å². The van der Waals surface area contributed by atoms with Gasteiger partial charge in [0.15, 0.2) is 10.5 Å². The Morgan fingerprint density at radius 2 is 2.25 bits per heavy atom. The quantitative estimate of drug-likeness (QED) is 0.570. The number of ether oxygens (including phenoxy) is 1. The zero-order chi connectivity index (χ0) is 11.9. The molecule has 0 aliphatic heterocycles. The van der Waals surface area contributed by atoms with Crippen LogP contribution in [0.5, 0.6) is 6.01 Å². The van der Waals surface area contributed by atoms with Crippen molar-refractivity contribution in [3.05, 3.63) is 12.3 Å². The molecule has 0 aromatic carbocycles. The van der Waals surface area contributed by atoms with Gasteiger partial charge in [-0.05, 0) is 0 Å². The second-order valence-corrected chi connectivity index (χ2v) is 5.15. The van der Waals surface area contributed by atoms with Crippen LogP contribution < -0.4 is 4.74 Å². The van der Waals surface area contributed by atoms with Gasteiger partial charge in [-0.1, -0.05) is 0 Å². The zero-order valence-electron chi connectivity index (χ0n) is 7.76. The first-order valence-corrected chi connectivity index (χ1v) is 6.14. The van der Waals surface area contributed by atoms with Crippen molar-refractivity contribution in [3.8, 4) is 6.01 Å². The molecular formula is C6H4ClFN4O3S. The van der Waals surface area contributed by atoms with Gasteiger partial charge in [-0.25, -0.2) is 13.4 Å². The van der Waals surface area contributed by atoms with Crippen LogP contribution in [0.25, 0.3) is 5.65 Å². The lowest BCUT2D eigenvalue weighted by Gasteiger charge is -2.04. The molecule has 7 nitrogen and oxygen atoms in total. The van der Waals surface area contributed by atoms with Gasteiger partial charge < -0.3 is 4.74 Å². The Bertz CT molecular complexity index is 655. The van der Waals surface area contributed by atoms with Crippen LogP contribution in [0.15, 0.2) is 11.2 Å². The van der Waals surface area contributed by atoms with Crippen LogP contribution in [-0.4, -0.2) is 35.1 Å². The van der Waals surface area contributed by atoms with Gasteiger partial charge in [0.05, 0.1) is 7.11 Å². The average molecular weight is 267 g/mol. The third-order valence-electron chi connectivity index (χ3n) is 1.74. The Labute approximate surface area is 93.3 Å². The molecule has 0 fully saturated rings. The number of halogens is 2. The number of nitrogens with zero attached hydrogens (tertiary/aromatic N) is 4. The molecule has 0 atom stereocenters. The lowest BCUT2D eigenvalue weighted by Crippen LogP contribution is -2.07. The van der Waals surface area contributed by atoms with Gasteiger partial charge in [-0.3, -0.25) is 0 Å². The highest BCUT2D eigenvalue weighted by Crippen LogP contribution is 2.24. The summed E-state index contributed by atoms with van der Waals surface area (Å²) in [5.74, 6) is -1.28. The number of methoxy groups -OCH3 is 1. The van der Waals surface area contributed by atoms with E-state index in [1.165, 1.54) is 7.11 Å². The average Bonchev–Trinajstić information content (AvgIpc) is 2.62. The number of hydrogen-bond donors (Lipinski definition) is 0. The van der Waals surface area contributed by atoms with Crippen LogP contribution in [0.3, 0.4) is 0 Å². The number of fused-ring (bicyclic) bond motifs is 1. The SMILES string of the molecule is COc1nc(F)c(S(=O)(=O)Cl)c2ncnn12. The highest BCUT2D eigenvalue weighted by Gasteiger charge is 2.26. The molecule has 2 aromatic heterocycles. The fourth-order valence-corrected chi connectivity index (χ4v) is 2.15. The molecule has 0 amide bonds. The summed E-state index contributed by atoms with van der Waals surface area (Å²) < 4.78 is 41.3. The number of hydrogen-bond acceptors (Lipinski definition) is 6.